The molecule has 0 aromatic heterocycles. The van der Waals surface area contributed by atoms with Crippen LogP contribution in [0.5, 0.6) is 0 Å². The lowest BCUT2D eigenvalue weighted by Crippen LogP contribution is -2.34. The Bertz CT molecular complexity index is 689. The van der Waals surface area contributed by atoms with Crippen LogP contribution in [-0.4, -0.2) is 36.8 Å². The second-order valence-corrected chi connectivity index (χ2v) is 7.60. The summed E-state index contributed by atoms with van der Waals surface area (Å²) in [6, 6.07) is 3.65. The monoisotopic (exact) mass is 332 g/mol. The fraction of sp³-hybridized carbons (Fsp3) is 0.417. The minimum atomic E-state index is -3.17. The van der Waals surface area contributed by atoms with Crippen molar-refractivity contribution in [2.45, 2.75) is 18.1 Å². The maximum absolute atomic E-state index is 12.0. The molecule has 1 atom stereocenters. The van der Waals surface area contributed by atoms with Crippen molar-refractivity contribution in [3.05, 3.63) is 38.9 Å². The third-order valence-electron chi connectivity index (χ3n) is 3.35. The Labute approximate surface area is 126 Å². The summed E-state index contributed by atoms with van der Waals surface area (Å²) in [5, 5.41) is 12.9. The second kappa shape index (κ2) is 5.98. The standard InChI is InChI=1S/C12H13ClN2O5S/c13-8-3-4-11(15(17)18)10(6-8)12(16)14-7-9-2-1-5-21(9,19)20/h3-4,6,9H,1-2,5,7H2,(H,14,16). The first kappa shape index (κ1) is 15.7. The molecule has 1 saturated heterocycles. The molecule has 1 aromatic carbocycles. The average molecular weight is 333 g/mol. The molecule has 114 valence electrons. The van der Waals surface area contributed by atoms with Gasteiger partial charge in [0.15, 0.2) is 9.84 Å². The number of hydrogen-bond acceptors (Lipinski definition) is 5. The van der Waals surface area contributed by atoms with Crippen molar-refractivity contribution >= 4 is 33.0 Å². The van der Waals surface area contributed by atoms with Gasteiger partial charge in [-0.05, 0) is 25.0 Å². The molecule has 0 spiro atoms. The zero-order valence-electron chi connectivity index (χ0n) is 10.9. The molecular weight excluding hydrogens is 320 g/mol. The Morgan fingerprint density at radius 3 is 2.76 bits per heavy atom. The number of hydrogen-bond donors (Lipinski definition) is 1. The van der Waals surface area contributed by atoms with Crippen LogP contribution in [-0.2, 0) is 9.84 Å². The molecule has 1 aliphatic heterocycles. The van der Waals surface area contributed by atoms with E-state index in [2.05, 4.69) is 5.32 Å². The van der Waals surface area contributed by atoms with Gasteiger partial charge in [-0.1, -0.05) is 11.6 Å². The molecule has 1 N–H and O–H groups in total. The highest BCUT2D eigenvalue weighted by Crippen LogP contribution is 2.23. The van der Waals surface area contributed by atoms with E-state index in [1.165, 1.54) is 12.1 Å². The molecule has 1 unspecified atom stereocenters. The Morgan fingerprint density at radius 2 is 2.19 bits per heavy atom. The van der Waals surface area contributed by atoms with E-state index in [9.17, 15) is 23.3 Å². The third kappa shape index (κ3) is 3.51. The van der Waals surface area contributed by atoms with E-state index in [0.717, 1.165) is 6.07 Å². The number of amides is 1. The van der Waals surface area contributed by atoms with Crippen molar-refractivity contribution in [3.8, 4) is 0 Å². The Morgan fingerprint density at radius 1 is 1.48 bits per heavy atom. The van der Waals surface area contributed by atoms with Gasteiger partial charge >= 0.3 is 0 Å². The van der Waals surface area contributed by atoms with Crippen molar-refractivity contribution in [2.24, 2.45) is 0 Å². The first-order chi connectivity index (χ1) is 9.81. The highest BCUT2D eigenvalue weighted by molar-refractivity contribution is 7.92. The summed E-state index contributed by atoms with van der Waals surface area (Å²) in [4.78, 5) is 22.2. The van der Waals surface area contributed by atoms with Crippen LogP contribution in [0.4, 0.5) is 5.69 Å². The molecule has 1 aromatic rings. The molecule has 1 amide bonds. The highest BCUT2D eigenvalue weighted by Gasteiger charge is 2.32. The molecule has 1 aliphatic rings. The van der Waals surface area contributed by atoms with Crippen molar-refractivity contribution in [3.63, 3.8) is 0 Å². The summed E-state index contributed by atoms with van der Waals surface area (Å²) in [6.45, 7) is -0.0508. The second-order valence-electron chi connectivity index (χ2n) is 4.76. The molecular formula is C12H13ClN2O5S. The van der Waals surface area contributed by atoms with Gasteiger partial charge < -0.3 is 5.32 Å². The summed E-state index contributed by atoms with van der Waals surface area (Å²) >= 11 is 5.74. The molecule has 0 bridgehead atoms. The predicted molar refractivity (Wildman–Crippen MR) is 77.2 cm³/mol. The van der Waals surface area contributed by atoms with Crippen molar-refractivity contribution < 1.29 is 18.1 Å². The zero-order valence-corrected chi connectivity index (χ0v) is 12.5. The summed E-state index contributed by atoms with van der Waals surface area (Å²) in [5.41, 5.74) is -0.547. The van der Waals surface area contributed by atoms with Crippen LogP contribution in [0.3, 0.4) is 0 Å². The Hall–Kier alpha value is -1.67. The van der Waals surface area contributed by atoms with Gasteiger partial charge in [-0.3, -0.25) is 14.9 Å². The summed E-state index contributed by atoms with van der Waals surface area (Å²) in [6.07, 6.45) is 1.06. The van der Waals surface area contributed by atoms with Crippen LogP contribution < -0.4 is 5.32 Å². The molecule has 21 heavy (non-hydrogen) atoms. The predicted octanol–water partition coefficient (Wildman–Crippen LogP) is 1.56. The largest absolute Gasteiger partial charge is 0.351 e. The lowest BCUT2D eigenvalue weighted by Gasteiger charge is -2.11. The molecule has 1 heterocycles. The van der Waals surface area contributed by atoms with E-state index in [4.69, 9.17) is 11.6 Å². The van der Waals surface area contributed by atoms with Crippen LogP contribution in [0.1, 0.15) is 23.2 Å². The number of carbonyl (C=O) groups is 1. The van der Waals surface area contributed by atoms with E-state index < -0.39 is 25.9 Å². The Balaban J connectivity index is 2.14. The van der Waals surface area contributed by atoms with Crippen LogP contribution in [0.2, 0.25) is 5.02 Å². The minimum Gasteiger partial charge on any atom is -0.351 e. The van der Waals surface area contributed by atoms with E-state index in [1.54, 1.807) is 0 Å². The fourth-order valence-corrected chi connectivity index (χ4v) is 4.18. The van der Waals surface area contributed by atoms with Gasteiger partial charge in [0.25, 0.3) is 11.6 Å². The molecule has 0 aliphatic carbocycles. The van der Waals surface area contributed by atoms with Gasteiger partial charge in [0, 0.05) is 17.6 Å². The zero-order chi connectivity index (χ0) is 15.6. The number of nitrogens with zero attached hydrogens (tertiary/aromatic N) is 1. The number of nitro groups is 1. The SMILES string of the molecule is O=C(NCC1CCCS1(=O)=O)c1cc(Cl)ccc1[N+](=O)[O-]. The molecule has 9 heteroatoms. The first-order valence-corrected chi connectivity index (χ1v) is 8.34. The maximum atomic E-state index is 12.0. The first-order valence-electron chi connectivity index (χ1n) is 6.25. The van der Waals surface area contributed by atoms with Gasteiger partial charge in [-0.2, -0.15) is 0 Å². The topological polar surface area (TPSA) is 106 Å². The average Bonchev–Trinajstić information content (AvgIpc) is 2.74. The smallest absolute Gasteiger partial charge is 0.282 e. The van der Waals surface area contributed by atoms with E-state index in [0.29, 0.717) is 12.8 Å². The molecule has 2 rings (SSSR count). The van der Waals surface area contributed by atoms with E-state index in [-0.39, 0.29) is 28.6 Å². The Kier molecular flexibility index (Phi) is 4.48. The number of benzene rings is 1. The van der Waals surface area contributed by atoms with Gasteiger partial charge in [-0.25, -0.2) is 8.42 Å². The number of carbonyl (C=O) groups excluding carboxylic acids is 1. The fourth-order valence-electron chi connectivity index (χ4n) is 2.24. The number of rotatable bonds is 4. The molecule has 0 saturated carbocycles. The van der Waals surface area contributed by atoms with E-state index >= 15 is 0 Å². The highest BCUT2D eigenvalue weighted by atomic mass is 35.5. The van der Waals surface area contributed by atoms with Crippen LogP contribution in [0, 0.1) is 10.1 Å². The number of nitrogens with one attached hydrogen (secondary N) is 1. The maximum Gasteiger partial charge on any atom is 0.282 e. The summed E-state index contributed by atoms with van der Waals surface area (Å²) < 4.78 is 23.3. The third-order valence-corrected chi connectivity index (χ3v) is 5.86. The van der Waals surface area contributed by atoms with Gasteiger partial charge in [-0.15, -0.1) is 0 Å². The van der Waals surface area contributed by atoms with Crippen molar-refractivity contribution in [1.29, 1.82) is 0 Å². The van der Waals surface area contributed by atoms with Crippen molar-refractivity contribution in [1.82, 2.24) is 5.32 Å². The minimum absolute atomic E-state index is 0.0508. The van der Waals surface area contributed by atoms with Crippen LogP contribution in [0.15, 0.2) is 18.2 Å². The molecule has 7 nitrogen and oxygen atoms in total. The van der Waals surface area contributed by atoms with Crippen LogP contribution >= 0.6 is 11.6 Å². The number of nitro benzene ring substituents is 1. The normalized spacial score (nSPS) is 20.1. The lowest BCUT2D eigenvalue weighted by molar-refractivity contribution is -0.385. The summed E-state index contributed by atoms with van der Waals surface area (Å²) in [7, 11) is -3.17. The van der Waals surface area contributed by atoms with E-state index in [1.807, 2.05) is 0 Å². The van der Waals surface area contributed by atoms with Crippen molar-refractivity contribution in [2.75, 3.05) is 12.3 Å². The van der Waals surface area contributed by atoms with Crippen LogP contribution in [0.25, 0.3) is 0 Å². The van der Waals surface area contributed by atoms with Gasteiger partial charge in [0.1, 0.15) is 5.56 Å². The summed E-state index contributed by atoms with van der Waals surface area (Å²) in [5.74, 6) is -0.587. The lowest BCUT2D eigenvalue weighted by atomic mass is 10.1. The quantitative estimate of drug-likeness (QED) is 0.665. The number of sulfone groups is 1. The van der Waals surface area contributed by atoms with Gasteiger partial charge in [0.2, 0.25) is 0 Å². The molecule has 0 radical (unpaired) electrons. The van der Waals surface area contributed by atoms with Gasteiger partial charge in [0.05, 0.1) is 15.9 Å². The number of halogens is 1. The molecule has 1 fully saturated rings.